The Bertz CT molecular complexity index is 535. The minimum Gasteiger partial charge on any atom is -0.457 e. The molecular formula is C16H24N2O3. The molecule has 3 atom stereocenters. The second kappa shape index (κ2) is 5.13. The topological polar surface area (TPSA) is 53.4 Å². The quantitative estimate of drug-likeness (QED) is 0.804. The lowest BCUT2D eigenvalue weighted by molar-refractivity contribution is -0.243. The molecule has 2 heterocycles. The van der Waals surface area contributed by atoms with Crippen LogP contribution in [0, 0.1) is 11.3 Å². The van der Waals surface area contributed by atoms with Crippen molar-refractivity contribution in [1.82, 2.24) is 9.78 Å². The molecule has 1 aromatic heterocycles. The van der Waals surface area contributed by atoms with Crippen LogP contribution in [0.2, 0.25) is 0 Å². The maximum Gasteiger partial charge on any atom is 0.359 e. The van der Waals surface area contributed by atoms with Gasteiger partial charge in [-0.1, -0.05) is 13.8 Å². The fraction of sp³-hybridized carbons (Fsp3) is 0.750. The molecule has 0 aromatic carbocycles. The zero-order chi connectivity index (χ0) is 15.2. The van der Waals surface area contributed by atoms with Gasteiger partial charge in [-0.15, -0.1) is 0 Å². The molecule has 0 radical (unpaired) electrons. The second-order valence-corrected chi connectivity index (χ2v) is 7.02. The number of rotatable bonds is 3. The Kier molecular flexibility index (Phi) is 3.56. The van der Waals surface area contributed by atoms with Crippen LogP contribution in [0.4, 0.5) is 0 Å². The standard InChI is InChI=1S/C16H24N2O3/c1-10(2)18-8-7-12(17-18)15(19)21-14-11-6-5-9-20-13(11)16(14,3)4/h7-8,10-11,13-14H,5-6,9H2,1-4H3/t11-,13-,14-/m1/s1. The highest BCUT2D eigenvalue weighted by Crippen LogP contribution is 2.53. The maximum atomic E-state index is 12.3. The number of hydrogen-bond acceptors (Lipinski definition) is 4. The van der Waals surface area contributed by atoms with E-state index in [0.29, 0.717) is 11.6 Å². The summed E-state index contributed by atoms with van der Waals surface area (Å²) in [6, 6.07) is 1.96. The molecule has 0 unspecified atom stereocenters. The lowest BCUT2D eigenvalue weighted by Crippen LogP contribution is -2.65. The molecule has 5 heteroatoms. The predicted octanol–water partition coefficient (Wildman–Crippen LogP) is 2.82. The van der Waals surface area contributed by atoms with E-state index in [-0.39, 0.29) is 29.6 Å². The van der Waals surface area contributed by atoms with Crippen molar-refractivity contribution in [3.63, 3.8) is 0 Å². The number of carbonyl (C=O) groups is 1. The van der Waals surface area contributed by atoms with Crippen molar-refractivity contribution < 1.29 is 14.3 Å². The minimum atomic E-state index is -0.323. The lowest BCUT2D eigenvalue weighted by Gasteiger charge is -2.58. The summed E-state index contributed by atoms with van der Waals surface area (Å²) in [4.78, 5) is 12.3. The molecule has 1 saturated carbocycles. The summed E-state index contributed by atoms with van der Waals surface area (Å²) in [5, 5.41) is 4.28. The van der Waals surface area contributed by atoms with Gasteiger partial charge < -0.3 is 9.47 Å². The first-order valence-corrected chi connectivity index (χ1v) is 7.79. The lowest BCUT2D eigenvalue weighted by atomic mass is 9.57. The van der Waals surface area contributed by atoms with E-state index >= 15 is 0 Å². The Morgan fingerprint density at radius 2 is 2.29 bits per heavy atom. The van der Waals surface area contributed by atoms with E-state index in [2.05, 4.69) is 18.9 Å². The van der Waals surface area contributed by atoms with Gasteiger partial charge in [0.2, 0.25) is 0 Å². The van der Waals surface area contributed by atoms with Crippen LogP contribution in [0.3, 0.4) is 0 Å². The van der Waals surface area contributed by atoms with Crippen molar-refractivity contribution in [1.29, 1.82) is 0 Å². The average molecular weight is 292 g/mol. The Morgan fingerprint density at radius 1 is 1.52 bits per heavy atom. The smallest absolute Gasteiger partial charge is 0.359 e. The Hall–Kier alpha value is -1.36. The first-order chi connectivity index (χ1) is 9.91. The Labute approximate surface area is 125 Å². The normalized spacial score (nSPS) is 30.6. The van der Waals surface area contributed by atoms with Gasteiger partial charge >= 0.3 is 5.97 Å². The number of ether oxygens (including phenoxy) is 2. The van der Waals surface area contributed by atoms with Gasteiger partial charge in [0.15, 0.2) is 5.69 Å². The molecule has 0 N–H and O–H groups in total. The van der Waals surface area contributed by atoms with E-state index in [1.165, 1.54) is 0 Å². The van der Waals surface area contributed by atoms with E-state index in [4.69, 9.17) is 9.47 Å². The maximum absolute atomic E-state index is 12.3. The van der Waals surface area contributed by atoms with Gasteiger partial charge in [0.1, 0.15) is 6.10 Å². The molecule has 1 aliphatic carbocycles. The van der Waals surface area contributed by atoms with Crippen LogP contribution in [-0.4, -0.2) is 34.6 Å². The zero-order valence-corrected chi connectivity index (χ0v) is 13.2. The van der Waals surface area contributed by atoms with Crippen LogP contribution in [-0.2, 0) is 9.47 Å². The number of nitrogens with zero attached hydrogens (tertiary/aromatic N) is 2. The van der Waals surface area contributed by atoms with Crippen molar-refractivity contribution in [2.24, 2.45) is 11.3 Å². The number of carbonyl (C=O) groups excluding carboxylic acids is 1. The summed E-state index contributed by atoms with van der Waals surface area (Å²) in [5.74, 6) is 0.0152. The summed E-state index contributed by atoms with van der Waals surface area (Å²) in [6.07, 6.45) is 4.09. The van der Waals surface area contributed by atoms with E-state index in [1.54, 1.807) is 10.7 Å². The van der Waals surface area contributed by atoms with Gasteiger partial charge in [-0.25, -0.2) is 4.79 Å². The molecule has 116 valence electrons. The highest BCUT2D eigenvalue weighted by Gasteiger charge is 2.60. The molecular weight excluding hydrogens is 268 g/mol. The second-order valence-electron chi connectivity index (χ2n) is 7.02. The summed E-state index contributed by atoms with van der Waals surface area (Å²) in [6.45, 7) is 9.11. The Balaban J connectivity index is 1.69. The SMILES string of the molecule is CC(C)n1ccc(C(=O)O[C@@H]2[C@@H]3CCCO[C@H]3C2(C)C)n1. The fourth-order valence-corrected chi connectivity index (χ4v) is 3.63. The summed E-state index contributed by atoms with van der Waals surface area (Å²) in [7, 11) is 0. The molecule has 3 rings (SSSR count). The van der Waals surface area contributed by atoms with Gasteiger partial charge in [0.05, 0.1) is 6.10 Å². The monoisotopic (exact) mass is 292 g/mol. The highest BCUT2D eigenvalue weighted by molar-refractivity contribution is 5.87. The van der Waals surface area contributed by atoms with Gasteiger partial charge in [-0.2, -0.15) is 5.10 Å². The molecule has 5 nitrogen and oxygen atoms in total. The van der Waals surface area contributed by atoms with Crippen LogP contribution in [0.15, 0.2) is 12.3 Å². The van der Waals surface area contributed by atoms with Crippen LogP contribution in [0.5, 0.6) is 0 Å². The third-order valence-corrected chi connectivity index (χ3v) is 4.80. The molecule has 1 aromatic rings. The largest absolute Gasteiger partial charge is 0.457 e. The molecule has 0 amide bonds. The Morgan fingerprint density at radius 3 is 2.95 bits per heavy atom. The van der Waals surface area contributed by atoms with Crippen molar-refractivity contribution in [3.05, 3.63) is 18.0 Å². The van der Waals surface area contributed by atoms with Gasteiger partial charge in [0, 0.05) is 30.2 Å². The summed E-state index contributed by atoms with van der Waals surface area (Å²) >= 11 is 0. The van der Waals surface area contributed by atoms with Crippen molar-refractivity contribution in [3.8, 4) is 0 Å². The number of hydrogen-bond donors (Lipinski definition) is 0. The predicted molar refractivity (Wildman–Crippen MR) is 78.1 cm³/mol. The van der Waals surface area contributed by atoms with Gasteiger partial charge in [0.25, 0.3) is 0 Å². The van der Waals surface area contributed by atoms with E-state index in [1.807, 2.05) is 20.0 Å². The molecule has 21 heavy (non-hydrogen) atoms. The van der Waals surface area contributed by atoms with Crippen molar-refractivity contribution >= 4 is 5.97 Å². The molecule has 2 fully saturated rings. The molecule has 0 bridgehead atoms. The van der Waals surface area contributed by atoms with E-state index < -0.39 is 0 Å². The van der Waals surface area contributed by atoms with Crippen LogP contribution in [0.1, 0.15) is 57.1 Å². The number of aromatic nitrogens is 2. The molecule has 0 spiro atoms. The van der Waals surface area contributed by atoms with Crippen molar-refractivity contribution in [2.45, 2.75) is 58.8 Å². The molecule has 2 aliphatic rings. The molecule has 1 saturated heterocycles. The first-order valence-electron chi connectivity index (χ1n) is 7.79. The third kappa shape index (κ3) is 2.37. The summed E-state index contributed by atoms with van der Waals surface area (Å²) < 4.78 is 13.4. The van der Waals surface area contributed by atoms with Crippen LogP contribution < -0.4 is 0 Å². The molecule has 1 aliphatic heterocycles. The fourth-order valence-electron chi connectivity index (χ4n) is 3.63. The number of esters is 1. The van der Waals surface area contributed by atoms with Gasteiger partial charge in [-0.05, 0) is 32.8 Å². The zero-order valence-electron chi connectivity index (χ0n) is 13.2. The highest BCUT2D eigenvalue weighted by atomic mass is 16.6. The van der Waals surface area contributed by atoms with E-state index in [9.17, 15) is 4.79 Å². The number of fused-ring (bicyclic) bond motifs is 1. The van der Waals surface area contributed by atoms with Gasteiger partial charge in [-0.3, -0.25) is 4.68 Å². The van der Waals surface area contributed by atoms with Crippen LogP contribution in [0.25, 0.3) is 0 Å². The van der Waals surface area contributed by atoms with Crippen LogP contribution >= 0.6 is 0 Å². The minimum absolute atomic E-state index is 0.0699. The van der Waals surface area contributed by atoms with E-state index in [0.717, 1.165) is 19.4 Å². The van der Waals surface area contributed by atoms with Crippen molar-refractivity contribution in [2.75, 3.05) is 6.61 Å². The first kappa shape index (κ1) is 14.6. The summed E-state index contributed by atoms with van der Waals surface area (Å²) in [5.41, 5.74) is 0.279. The average Bonchev–Trinajstić information content (AvgIpc) is 2.94. The third-order valence-electron chi connectivity index (χ3n) is 4.80.